The highest BCUT2D eigenvalue weighted by molar-refractivity contribution is 5.40. The monoisotopic (exact) mass is 277 g/mol. The van der Waals surface area contributed by atoms with Crippen molar-refractivity contribution in [2.75, 3.05) is 7.05 Å². The minimum Gasteiger partial charge on any atom is -0.451 e. The van der Waals surface area contributed by atoms with Crippen LogP contribution < -0.4 is 10.1 Å². The minimum atomic E-state index is -0.693. The van der Waals surface area contributed by atoms with Crippen molar-refractivity contribution in [1.29, 1.82) is 0 Å². The van der Waals surface area contributed by atoms with E-state index in [0.29, 0.717) is 17.9 Å². The molecule has 4 heteroatoms. The Morgan fingerprint density at radius 3 is 2.35 bits per heavy atom. The third kappa shape index (κ3) is 3.14. The molecule has 2 rings (SSSR count). The SMILES string of the molecule is CCc1ccccc1Oc1c(F)cc(CNC)cc1F. The van der Waals surface area contributed by atoms with Crippen molar-refractivity contribution < 1.29 is 13.5 Å². The summed E-state index contributed by atoms with van der Waals surface area (Å²) in [6, 6.07) is 9.79. The Hall–Kier alpha value is -1.94. The van der Waals surface area contributed by atoms with Crippen LogP contribution in [0.25, 0.3) is 0 Å². The normalized spacial score (nSPS) is 10.6. The third-order valence-corrected chi connectivity index (χ3v) is 3.00. The summed E-state index contributed by atoms with van der Waals surface area (Å²) in [5.41, 5.74) is 1.45. The summed E-state index contributed by atoms with van der Waals surface area (Å²) in [5, 5.41) is 2.85. The average Bonchev–Trinajstić information content (AvgIpc) is 2.43. The van der Waals surface area contributed by atoms with Crippen LogP contribution in [0.3, 0.4) is 0 Å². The van der Waals surface area contributed by atoms with E-state index in [1.54, 1.807) is 19.2 Å². The fraction of sp³-hybridized carbons (Fsp3) is 0.250. The molecule has 0 saturated carbocycles. The van der Waals surface area contributed by atoms with Gasteiger partial charge in [0.2, 0.25) is 0 Å². The van der Waals surface area contributed by atoms with Gasteiger partial charge in [-0.3, -0.25) is 0 Å². The highest BCUT2D eigenvalue weighted by Gasteiger charge is 2.14. The quantitative estimate of drug-likeness (QED) is 0.890. The van der Waals surface area contributed by atoms with Gasteiger partial charge in [0.25, 0.3) is 0 Å². The zero-order valence-electron chi connectivity index (χ0n) is 11.5. The van der Waals surface area contributed by atoms with Gasteiger partial charge in [0.1, 0.15) is 5.75 Å². The molecule has 0 atom stereocenters. The minimum absolute atomic E-state index is 0.356. The Morgan fingerprint density at radius 1 is 1.10 bits per heavy atom. The van der Waals surface area contributed by atoms with Crippen LogP contribution in [-0.2, 0) is 13.0 Å². The van der Waals surface area contributed by atoms with E-state index in [-0.39, 0.29) is 5.75 Å². The summed E-state index contributed by atoms with van der Waals surface area (Å²) >= 11 is 0. The van der Waals surface area contributed by atoms with Gasteiger partial charge in [-0.1, -0.05) is 25.1 Å². The van der Waals surface area contributed by atoms with Gasteiger partial charge in [0.15, 0.2) is 17.4 Å². The molecule has 0 bridgehead atoms. The lowest BCUT2D eigenvalue weighted by Gasteiger charge is -2.12. The number of ether oxygens (including phenoxy) is 1. The molecule has 0 saturated heterocycles. The Kier molecular flexibility index (Phi) is 4.69. The molecule has 0 aliphatic heterocycles. The second-order valence-electron chi connectivity index (χ2n) is 4.48. The first kappa shape index (κ1) is 14.5. The Labute approximate surface area is 117 Å². The van der Waals surface area contributed by atoms with E-state index in [0.717, 1.165) is 12.0 Å². The van der Waals surface area contributed by atoms with Gasteiger partial charge in [-0.2, -0.15) is 0 Å². The summed E-state index contributed by atoms with van der Waals surface area (Å²) < 4.78 is 33.4. The molecule has 0 amide bonds. The van der Waals surface area contributed by atoms with E-state index in [2.05, 4.69) is 5.32 Å². The Morgan fingerprint density at radius 2 is 1.75 bits per heavy atom. The van der Waals surface area contributed by atoms with E-state index >= 15 is 0 Å². The molecule has 0 aromatic heterocycles. The molecule has 0 unspecified atom stereocenters. The van der Waals surface area contributed by atoms with E-state index in [1.165, 1.54) is 12.1 Å². The van der Waals surface area contributed by atoms with Crippen molar-refractivity contribution in [1.82, 2.24) is 5.32 Å². The largest absolute Gasteiger partial charge is 0.451 e. The van der Waals surface area contributed by atoms with Gasteiger partial charge in [0, 0.05) is 6.54 Å². The molecule has 20 heavy (non-hydrogen) atoms. The molecule has 0 radical (unpaired) electrons. The highest BCUT2D eigenvalue weighted by atomic mass is 19.1. The zero-order valence-corrected chi connectivity index (χ0v) is 11.5. The van der Waals surface area contributed by atoms with Crippen LogP contribution in [-0.4, -0.2) is 7.05 Å². The number of hydrogen-bond donors (Lipinski definition) is 1. The van der Waals surface area contributed by atoms with Gasteiger partial charge in [-0.15, -0.1) is 0 Å². The maximum Gasteiger partial charge on any atom is 0.198 e. The Bertz CT molecular complexity index is 576. The molecule has 0 aliphatic carbocycles. The number of aryl methyl sites for hydroxylation is 1. The maximum absolute atomic E-state index is 14.0. The van der Waals surface area contributed by atoms with E-state index in [4.69, 9.17) is 4.74 Å². The molecule has 0 heterocycles. The van der Waals surface area contributed by atoms with E-state index < -0.39 is 11.6 Å². The van der Waals surface area contributed by atoms with Crippen molar-refractivity contribution in [3.05, 3.63) is 59.2 Å². The van der Waals surface area contributed by atoms with E-state index in [1.807, 2.05) is 19.1 Å². The van der Waals surface area contributed by atoms with Gasteiger partial charge >= 0.3 is 0 Å². The summed E-state index contributed by atoms with van der Waals surface area (Å²) in [4.78, 5) is 0. The second kappa shape index (κ2) is 6.48. The highest BCUT2D eigenvalue weighted by Crippen LogP contribution is 2.30. The average molecular weight is 277 g/mol. The smallest absolute Gasteiger partial charge is 0.198 e. The number of benzene rings is 2. The van der Waals surface area contributed by atoms with Crippen molar-refractivity contribution in [3.8, 4) is 11.5 Å². The van der Waals surface area contributed by atoms with Crippen LogP contribution in [0.2, 0.25) is 0 Å². The van der Waals surface area contributed by atoms with E-state index in [9.17, 15) is 8.78 Å². The van der Waals surface area contributed by atoms with Crippen LogP contribution >= 0.6 is 0 Å². The lowest BCUT2D eigenvalue weighted by atomic mass is 10.1. The lowest BCUT2D eigenvalue weighted by Crippen LogP contribution is -2.06. The fourth-order valence-electron chi connectivity index (χ4n) is 2.02. The standard InChI is InChI=1S/C16H17F2NO/c1-3-12-6-4-5-7-15(12)20-16-13(17)8-11(10-19-2)9-14(16)18/h4-9,19H,3,10H2,1-2H3. The summed E-state index contributed by atoms with van der Waals surface area (Å²) in [5.74, 6) is -1.26. The molecular weight excluding hydrogens is 260 g/mol. The molecule has 1 N–H and O–H groups in total. The third-order valence-electron chi connectivity index (χ3n) is 3.00. The zero-order chi connectivity index (χ0) is 14.5. The Balaban J connectivity index is 2.34. The second-order valence-corrected chi connectivity index (χ2v) is 4.48. The number of halogens is 2. The first-order chi connectivity index (χ1) is 9.65. The molecule has 0 fully saturated rings. The predicted molar refractivity (Wildman–Crippen MR) is 75.0 cm³/mol. The summed E-state index contributed by atoms with van der Waals surface area (Å²) in [7, 11) is 1.72. The van der Waals surface area contributed by atoms with Gasteiger partial charge in [-0.25, -0.2) is 8.78 Å². The lowest BCUT2D eigenvalue weighted by molar-refractivity contribution is 0.403. The van der Waals surface area contributed by atoms with Crippen molar-refractivity contribution in [2.45, 2.75) is 19.9 Å². The number of rotatable bonds is 5. The number of para-hydroxylation sites is 1. The molecule has 2 aromatic rings. The number of nitrogens with one attached hydrogen (secondary N) is 1. The summed E-state index contributed by atoms with van der Waals surface area (Å²) in [6.45, 7) is 2.37. The van der Waals surface area contributed by atoms with Crippen molar-refractivity contribution >= 4 is 0 Å². The van der Waals surface area contributed by atoms with Crippen LogP contribution in [0.15, 0.2) is 36.4 Å². The molecule has 0 spiro atoms. The van der Waals surface area contributed by atoms with Crippen molar-refractivity contribution in [2.24, 2.45) is 0 Å². The maximum atomic E-state index is 14.0. The first-order valence-electron chi connectivity index (χ1n) is 6.54. The molecule has 0 aliphatic rings. The molecule has 2 aromatic carbocycles. The van der Waals surface area contributed by atoms with Gasteiger partial charge in [-0.05, 0) is 42.8 Å². The predicted octanol–water partition coefficient (Wildman–Crippen LogP) is 4.04. The summed E-state index contributed by atoms with van der Waals surface area (Å²) in [6.07, 6.45) is 0.733. The topological polar surface area (TPSA) is 21.3 Å². The first-order valence-corrected chi connectivity index (χ1v) is 6.54. The number of hydrogen-bond acceptors (Lipinski definition) is 2. The van der Waals surface area contributed by atoms with Crippen LogP contribution in [0.5, 0.6) is 11.5 Å². The van der Waals surface area contributed by atoms with Crippen LogP contribution in [0, 0.1) is 11.6 Å². The molecular formula is C16H17F2NO. The van der Waals surface area contributed by atoms with Crippen LogP contribution in [0.1, 0.15) is 18.1 Å². The van der Waals surface area contributed by atoms with Gasteiger partial charge in [0.05, 0.1) is 0 Å². The molecule has 2 nitrogen and oxygen atoms in total. The van der Waals surface area contributed by atoms with Crippen LogP contribution in [0.4, 0.5) is 8.78 Å². The fourth-order valence-corrected chi connectivity index (χ4v) is 2.02. The molecule has 106 valence electrons. The van der Waals surface area contributed by atoms with Gasteiger partial charge < -0.3 is 10.1 Å². The van der Waals surface area contributed by atoms with Crippen molar-refractivity contribution in [3.63, 3.8) is 0 Å².